The molecule has 0 N–H and O–H groups in total. The summed E-state index contributed by atoms with van der Waals surface area (Å²) >= 11 is 4.63. The van der Waals surface area contributed by atoms with Crippen LogP contribution in [0.25, 0.3) is 6.08 Å². The monoisotopic (exact) mass is 579 g/mol. The summed E-state index contributed by atoms with van der Waals surface area (Å²) in [5, 5.41) is 0. The predicted octanol–water partition coefficient (Wildman–Crippen LogP) is 6.45. The second kappa shape index (κ2) is 9.50. The van der Waals surface area contributed by atoms with Gasteiger partial charge < -0.3 is 4.90 Å². The van der Waals surface area contributed by atoms with Crippen molar-refractivity contribution in [2.75, 3.05) is 4.90 Å². The lowest BCUT2D eigenvalue weighted by Crippen LogP contribution is -2.30. The largest absolute Gasteiger partial charge is 0.303 e. The van der Waals surface area contributed by atoms with Crippen LogP contribution < -0.4 is 4.90 Å². The number of carbonyl (C=O) groups is 1. The van der Waals surface area contributed by atoms with E-state index in [0.717, 1.165) is 25.9 Å². The predicted molar refractivity (Wildman–Crippen MR) is 130 cm³/mol. The van der Waals surface area contributed by atoms with Gasteiger partial charge in [0, 0.05) is 13.2 Å². The third-order valence-corrected chi connectivity index (χ3v) is 5.60. The van der Waals surface area contributed by atoms with E-state index in [1.807, 2.05) is 59.5 Å². The van der Waals surface area contributed by atoms with Crippen LogP contribution in [0.1, 0.15) is 16.7 Å². The van der Waals surface area contributed by atoms with Crippen molar-refractivity contribution >= 4 is 62.9 Å². The van der Waals surface area contributed by atoms with Gasteiger partial charge in [0.15, 0.2) is 0 Å². The quantitative estimate of drug-likeness (QED) is 0.252. The minimum atomic E-state index is -0.0232. The summed E-state index contributed by atoms with van der Waals surface area (Å²) in [7, 11) is 0. The molecule has 0 atom stereocenters. The van der Waals surface area contributed by atoms with Gasteiger partial charge in [0.2, 0.25) is 0 Å². The van der Waals surface area contributed by atoms with Crippen molar-refractivity contribution in [1.82, 2.24) is 0 Å². The Morgan fingerprint density at radius 3 is 2.22 bits per heavy atom. The first-order chi connectivity index (χ1) is 13.0. The van der Waals surface area contributed by atoms with Gasteiger partial charge in [-0.2, -0.15) is 0 Å². The Labute approximate surface area is 187 Å². The van der Waals surface area contributed by atoms with E-state index in [2.05, 4.69) is 76.4 Å². The van der Waals surface area contributed by atoms with Crippen molar-refractivity contribution < 1.29 is 4.79 Å². The molecule has 2 nitrogen and oxygen atoms in total. The SMILES string of the molecule is Cc1cc(I)cc(I)c1N(Cc1ccccc1)C(=O)/C=C/c1ccccc1. The zero-order chi connectivity index (χ0) is 19.2. The molecule has 0 heterocycles. The van der Waals surface area contributed by atoms with Crippen LogP contribution in [-0.2, 0) is 11.3 Å². The van der Waals surface area contributed by atoms with Gasteiger partial charge in [0.25, 0.3) is 5.91 Å². The van der Waals surface area contributed by atoms with E-state index in [4.69, 9.17) is 0 Å². The first kappa shape index (κ1) is 20.1. The summed E-state index contributed by atoms with van der Waals surface area (Å²) in [6.45, 7) is 2.60. The normalized spacial score (nSPS) is 10.9. The minimum Gasteiger partial charge on any atom is -0.303 e. The molecule has 0 bridgehead atoms. The topological polar surface area (TPSA) is 20.3 Å². The third-order valence-electron chi connectivity index (χ3n) is 4.16. The van der Waals surface area contributed by atoms with Crippen molar-refractivity contribution in [2.24, 2.45) is 0 Å². The van der Waals surface area contributed by atoms with Gasteiger partial charge >= 0.3 is 0 Å². The van der Waals surface area contributed by atoms with Crippen molar-refractivity contribution in [3.8, 4) is 0 Å². The van der Waals surface area contributed by atoms with Crippen LogP contribution >= 0.6 is 45.2 Å². The number of hydrogen-bond donors (Lipinski definition) is 0. The van der Waals surface area contributed by atoms with Crippen LogP contribution in [0, 0.1) is 14.1 Å². The molecule has 0 aliphatic carbocycles. The maximum absolute atomic E-state index is 13.1. The zero-order valence-electron chi connectivity index (χ0n) is 14.9. The van der Waals surface area contributed by atoms with Crippen LogP contribution in [-0.4, -0.2) is 5.91 Å². The molecule has 3 aromatic rings. The maximum Gasteiger partial charge on any atom is 0.251 e. The highest BCUT2D eigenvalue weighted by atomic mass is 127. The Bertz CT molecular complexity index is 930. The highest BCUT2D eigenvalue weighted by Crippen LogP contribution is 2.30. The lowest BCUT2D eigenvalue weighted by Gasteiger charge is -2.25. The molecule has 0 aliphatic heterocycles. The lowest BCUT2D eigenvalue weighted by molar-refractivity contribution is -0.114. The number of hydrogen-bond acceptors (Lipinski definition) is 1. The molecular weight excluding hydrogens is 560 g/mol. The number of nitrogens with zero attached hydrogens (tertiary/aromatic N) is 1. The van der Waals surface area contributed by atoms with Crippen LogP contribution in [0.5, 0.6) is 0 Å². The molecule has 0 radical (unpaired) electrons. The molecule has 0 unspecified atom stereocenters. The van der Waals surface area contributed by atoms with Crippen LogP contribution in [0.3, 0.4) is 0 Å². The molecule has 0 aliphatic rings. The number of amides is 1. The number of benzene rings is 3. The Morgan fingerprint density at radius 2 is 1.59 bits per heavy atom. The fraction of sp³-hybridized carbons (Fsp3) is 0.0870. The molecule has 0 saturated carbocycles. The van der Waals surface area contributed by atoms with Crippen LogP contribution in [0.2, 0.25) is 0 Å². The second-order valence-electron chi connectivity index (χ2n) is 6.21. The lowest BCUT2D eigenvalue weighted by atomic mass is 10.1. The number of aryl methyl sites for hydroxylation is 1. The van der Waals surface area contributed by atoms with E-state index in [-0.39, 0.29) is 5.91 Å². The smallest absolute Gasteiger partial charge is 0.251 e. The molecule has 4 heteroatoms. The molecule has 0 spiro atoms. The van der Waals surface area contributed by atoms with Gasteiger partial charge in [-0.05, 0) is 87.0 Å². The highest BCUT2D eigenvalue weighted by Gasteiger charge is 2.19. The third kappa shape index (κ3) is 5.42. The number of halogens is 2. The van der Waals surface area contributed by atoms with Gasteiger partial charge in [0.05, 0.1) is 12.2 Å². The van der Waals surface area contributed by atoms with Gasteiger partial charge in [-0.15, -0.1) is 0 Å². The summed E-state index contributed by atoms with van der Waals surface area (Å²) < 4.78 is 2.25. The van der Waals surface area contributed by atoms with Crippen molar-refractivity contribution in [3.05, 3.63) is 103 Å². The van der Waals surface area contributed by atoms with E-state index < -0.39 is 0 Å². The molecule has 27 heavy (non-hydrogen) atoms. The van der Waals surface area contributed by atoms with Gasteiger partial charge in [-0.1, -0.05) is 60.7 Å². The summed E-state index contributed by atoms with van der Waals surface area (Å²) in [6, 6.07) is 24.2. The summed E-state index contributed by atoms with van der Waals surface area (Å²) in [6.07, 6.45) is 3.53. The average molecular weight is 579 g/mol. The fourth-order valence-electron chi connectivity index (χ4n) is 2.89. The van der Waals surface area contributed by atoms with Gasteiger partial charge in [0.1, 0.15) is 0 Å². The first-order valence-corrected chi connectivity index (χ1v) is 10.7. The Kier molecular flexibility index (Phi) is 7.07. The zero-order valence-corrected chi connectivity index (χ0v) is 19.2. The molecule has 1 amide bonds. The number of rotatable bonds is 5. The summed E-state index contributed by atoms with van der Waals surface area (Å²) in [4.78, 5) is 15.0. The van der Waals surface area contributed by atoms with E-state index in [1.54, 1.807) is 6.08 Å². The van der Waals surface area contributed by atoms with Crippen molar-refractivity contribution in [1.29, 1.82) is 0 Å². The van der Waals surface area contributed by atoms with E-state index in [9.17, 15) is 4.79 Å². The second-order valence-corrected chi connectivity index (χ2v) is 8.61. The number of carbonyl (C=O) groups excluding carboxylic acids is 1. The Morgan fingerprint density at radius 1 is 0.963 bits per heavy atom. The average Bonchev–Trinajstić information content (AvgIpc) is 2.66. The first-order valence-electron chi connectivity index (χ1n) is 8.59. The van der Waals surface area contributed by atoms with Gasteiger partial charge in [-0.3, -0.25) is 4.79 Å². The Hall–Kier alpha value is -1.67. The van der Waals surface area contributed by atoms with Crippen LogP contribution in [0.4, 0.5) is 5.69 Å². The van der Waals surface area contributed by atoms with E-state index in [0.29, 0.717) is 6.54 Å². The summed E-state index contributed by atoms with van der Waals surface area (Å²) in [5.41, 5.74) is 4.19. The molecule has 3 rings (SSSR count). The molecule has 0 saturated heterocycles. The van der Waals surface area contributed by atoms with Gasteiger partial charge in [-0.25, -0.2) is 0 Å². The van der Waals surface area contributed by atoms with E-state index in [1.165, 1.54) is 3.57 Å². The molecule has 0 fully saturated rings. The van der Waals surface area contributed by atoms with Crippen molar-refractivity contribution in [3.63, 3.8) is 0 Å². The summed E-state index contributed by atoms with van der Waals surface area (Å²) in [5.74, 6) is -0.0232. The van der Waals surface area contributed by atoms with Crippen molar-refractivity contribution in [2.45, 2.75) is 13.5 Å². The Balaban J connectivity index is 1.97. The van der Waals surface area contributed by atoms with E-state index >= 15 is 0 Å². The fourth-order valence-corrected chi connectivity index (χ4v) is 5.32. The minimum absolute atomic E-state index is 0.0232. The molecule has 3 aromatic carbocycles. The standard InChI is InChI=1S/C23H19I2NO/c1-17-14-20(24)15-21(25)23(17)26(16-19-10-6-3-7-11-19)22(27)13-12-18-8-4-2-5-9-18/h2-15H,16H2,1H3/b13-12+. The molecular formula is C23H19I2NO. The number of anilines is 1. The van der Waals surface area contributed by atoms with Crippen LogP contribution in [0.15, 0.2) is 78.9 Å². The molecule has 136 valence electrons. The highest BCUT2D eigenvalue weighted by molar-refractivity contribution is 14.1. The maximum atomic E-state index is 13.1. The molecule has 0 aromatic heterocycles.